The standard InChI is InChI=1S/C18H14BrN5OS2/c19-14-9-8-13(27-14)17-22-20-15(25-17)10-26-18-23-21-16(11-6-7-11)24(18)12-4-2-1-3-5-12/h1-5,8-9,11H,6-7,10H2. The predicted octanol–water partition coefficient (Wildman–Crippen LogP) is 5.31. The van der Waals surface area contributed by atoms with Gasteiger partial charge in [0.1, 0.15) is 5.82 Å². The van der Waals surface area contributed by atoms with Gasteiger partial charge in [-0.1, -0.05) is 30.0 Å². The number of rotatable bonds is 6. The molecule has 0 saturated heterocycles. The van der Waals surface area contributed by atoms with Gasteiger partial charge in [-0.25, -0.2) is 0 Å². The fourth-order valence-corrected chi connectivity index (χ4v) is 4.87. The van der Waals surface area contributed by atoms with E-state index in [1.54, 1.807) is 23.1 Å². The number of benzene rings is 1. The molecular formula is C18H14BrN5OS2. The van der Waals surface area contributed by atoms with Crippen LogP contribution in [-0.2, 0) is 5.75 Å². The Hall–Kier alpha value is -1.97. The third-order valence-corrected chi connectivity index (χ3v) is 6.72. The molecule has 0 unspecified atom stereocenters. The van der Waals surface area contributed by atoms with Crippen molar-refractivity contribution in [1.29, 1.82) is 0 Å². The van der Waals surface area contributed by atoms with Crippen molar-refractivity contribution in [3.63, 3.8) is 0 Å². The highest BCUT2D eigenvalue weighted by molar-refractivity contribution is 9.11. The summed E-state index contributed by atoms with van der Waals surface area (Å²) in [6.07, 6.45) is 2.36. The summed E-state index contributed by atoms with van der Waals surface area (Å²) in [4.78, 5) is 0.953. The van der Waals surface area contributed by atoms with E-state index < -0.39 is 0 Å². The molecule has 1 aliphatic carbocycles. The molecule has 5 rings (SSSR count). The molecule has 0 bridgehead atoms. The van der Waals surface area contributed by atoms with Gasteiger partial charge < -0.3 is 4.42 Å². The monoisotopic (exact) mass is 459 g/mol. The van der Waals surface area contributed by atoms with Crippen LogP contribution >= 0.6 is 39.0 Å². The zero-order valence-electron chi connectivity index (χ0n) is 14.1. The van der Waals surface area contributed by atoms with Crippen molar-refractivity contribution in [2.75, 3.05) is 0 Å². The topological polar surface area (TPSA) is 69.6 Å². The molecule has 3 heterocycles. The van der Waals surface area contributed by atoms with Crippen LogP contribution in [0.1, 0.15) is 30.5 Å². The molecule has 0 amide bonds. The Morgan fingerprint density at radius 3 is 2.67 bits per heavy atom. The molecule has 9 heteroatoms. The number of thiophene rings is 1. The Balaban J connectivity index is 1.38. The van der Waals surface area contributed by atoms with E-state index in [1.807, 2.05) is 30.3 Å². The van der Waals surface area contributed by atoms with E-state index in [0.29, 0.717) is 23.5 Å². The SMILES string of the molecule is Brc1ccc(-c2nnc(CSc3nnc(C4CC4)n3-c3ccccc3)o2)s1. The van der Waals surface area contributed by atoms with Gasteiger partial charge in [0.2, 0.25) is 5.89 Å². The third-order valence-electron chi connectivity index (χ3n) is 4.19. The molecule has 0 spiro atoms. The van der Waals surface area contributed by atoms with Gasteiger partial charge in [-0.2, -0.15) is 0 Å². The molecular weight excluding hydrogens is 446 g/mol. The molecule has 6 nitrogen and oxygen atoms in total. The lowest BCUT2D eigenvalue weighted by atomic mass is 10.3. The zero-order chi connectivity index (χ0) is 18.2. The average Bonchev–Trinajstić information content (AvgIpc) is 3.08. The number of para-hydroxylation sites is 1. The van der Waals surface area contributed by atoms with Gasteiger partial charge in [0.05, 0.1) is 14.4 Å². The molecule has 1 aliphatic rings. The first-order valence-corrected chi connectivity index (χ1v) is 11.1. The lowest BCUT2D eigenvalue weighted by molar-refractivity contribution is 0.529. The van der Waals surface area contributed by atoms with Crippen LogP contribution in [0, 0.1) is 0 Å². The van der Waals surface area contributed by atoms with Crippen LogP contribution < -0.4 is 0 Å². The van der Waals surface area contributed by atoms with Crippen molar-refractivity contribution in [2.45, 2.75) is 29.7 Å². The molecule has 1 saturated carbocycles. The second-order valence-electron chi connectivity index (χ2n) is 6.18. The molecule has 1 fully saturated rings. The van der Waals surface area contributed by atoms with Crippen LogP contribution in [0.5, 0.6) is 0 Å². The first kappa shape index (κ1) is 17.2. The second kappa shape index (κ2) is 7.21. The maximum atomic E-state index is 5.81. The van der Waals surface area contributed by atoms with Crippen molar-refractivity contribution in [2.24, 2.45) is 0 Å². The number of hydrogen-bond donors (Lipinski definition) is 0. The number of aromatic nitrogens is 5. The summed E-state index contributed by atoms with van der Waals surface area (Å²) in [6, 6.07) is 14.2. The summed E-state index contributed by atoms with van der Waals surface area (Å²) >= 11 is 6.58. The van der Waals surface area contributed by atoms with Crippen LogP contribution in [0.3, 0.4) is 0 Å². The van der Waals surface area contributed by atoms with Crippen molar-refractivity contribution >= 4 is 39.0 Å². The Morgan fingerprint density at radius 1 is 1.07 bits per heavy atom. The van der Waals surface area contributed by atoms with Gasteiger partial charge >= 0.3 is 0 Å². The second-order valence-corrected chi connectivity index (χ2v) is 9.58. The highest BCUT2D eigenvalue weighted by Gasteiger charge is 2.31. The molecule has 4 aromatic rings. The number of thioether (sulfide) groups is 1. The van der Waals surface area contributed by atoms with E-state index in [1.165, 1.54) is 12.8 Å². The minimum Gasteiger partial charge on any atom is -0.419 e. The summed E-state index contributed by atoms with van der Waals surface area (Å²) < 4.78 is 8.99. The molecule has 1 aromatic carbocycles. The van der Waals surface area contributed by atoms with E-state index in [9.17, 15) is 0 Å². The molecule has 0 N–H and O–H groups in total. The first-order chi connectivity index (χ1) is 13.3. The van der Waals surface area contributed by atoms with Crippen LogP contribution in [0.4, 0.5) is 0 Å². The molecule has 3 aromatic heterocycles. The van der Waals surface area contributed by atoms with Crippen LogP contribution in [0.15, 0.2) is 55.8 Å². The van der Waals surface area contributed by atoms with E-state index in [0.717, 1.165) is 25.3 Å². The number of halogens is 1. The van der Waals surface area contributed by atoms with E-state index in [-0.39, 0.29) is 0 Å². The molecule has 0 atom stereocenters. The summed E-state index contributed by atoms with van der Waals surface area (Å²) in [5, 5.41) is 18.0. The fraction of sp³-hybridized carbons (Fsp3) is 0.222. The Labute approximate surface area is 172 Å². The minimum absolute atomic E-state index is 0.513. The number of hydrogen-bond acceptors (Lipinski definition) is 7. The van der Waals surface area contributed by atoms with Crippen molar-refractivity contribution in [3.05, 3.63) is 58.0 Å². The van der Waals surface area contributed by atoms with Crippen LogP contribution in [0.2, 0.25) is 0 Å². The largest absolute Gasteiger partial charge is 0.419 e. The Morgan fingerprint density at radius 2 is 1.93 bits per heavy atom. The summed E-state index contributed by atoms with van der Waals surface area (Å²) in [7, 11) is 0. The summed E-state index contributed by atoms with van der Waals surface area (Å²) in [6.45, 7) is 0. The Kier molecular flexibility index (Phi) is 4.58. The van der Waals surface area contributed by atoms with E-state index >= 15 is 0 Å². The summed E-state index contributed by atoms with van der Waals surface area (Å²) in [5.74, 6) is 3.23. The van der Waals surface area contributed by atoms with E-state index in [4.69, 9.17) is 4.42 Å². The van der Waals surface area contributed by atoms with Gasteiger partial charge in [-0.15, -0.1) is 31.7 Å². The predicted molar refractivity (Wildman–Crippen MR) is 108 cm³/mol. The van der Waals surface area contributed by atoms with Crippen LogP contribution in [0.25, 0.3) is 16.5 Å². The molecule has 136 valence electrons. The zero-order valence-corrected chi connectivity index (χ0v) is 17.3. The highest BCUT2D eigenvalue weighted by atomic mass is 79.9. The normalized spacial score (nSPS) is 14.0. The maximum absolute atomic E-state index is 5.81. The summed E-state index contributed by atoms with van der Waals surface area (Å²) in [5.41, 5.74) is 1.08. The van der Waals surface area contributed by atoms with E-state index in [2.05, 4.69) is 53.0 Å². The van der Waals surface area contributed by atoms with Gasteiger partial charge in [0.15, 0.2) is 5.16 Å². The van der Waals surface area contributed by atoms with Crippen LogP contribution in [-0.4, -0.2) is 25.0 Å². The smallest absolute Gasteiger partial charge is 0.257 e. The first-order valence-electron chi connectivity index (χ1n) is 8.49. The highest BCUT2D eigenvalue weighted by Crippen LogP contribution is 2.41. The third kappa shape index (κ3) is 3.59. The van der Waals surface area contributed by atoms with Crippen molar-refractivity contribution < 1.29 is 4.42 Å². The fourth-order valence-electron chi connectivity index (χ4n) is 2.77. The quantitative estimate of drug-likeness (QED) is 0.363. The average molecular weight is 460 g/mol. The Bertz CT molecular complexity index is 1070. The van der Waals surface area contributed by atoms with Gasteiger partial charge in [-0.3, -0.25) is 4.57 Å². The van der Waals surface area contributed by atoms with Crippen molar-refractivity contribution in [1.82, 2.24) is 25.0 Å². The molecule has 0 radical (unpaired) electrons. The van der Waals surface area contributed by atoms with Crippen molar-refractivity contribution in [3.8, 4) is 16.5 Å². The minimum atomic E-state index is 0.513. The lowest BCUT2D eigenvalue weighted by Gasteiger charge is -2.08. The molecule has 27 heavy (non-hydrogen) atoms. The van der Waals surface area contributed by atoms with Gasteiger partial charge in [0.25, 0.3) is 5.89 Å². The van der Waals surface area contributed by atoms with Gasteiger partial charge in [-0.05, 0) is 53.0 Å². The number of nitrogens with zero attached hydrogens (tertiary/aromatic N) is 5. The van der Waals surface area contributed by atoms with Gasteiger partial charge in [0, 0.05) is 11.6 Å². The lowest BCUT2D eigenvalue weighted by Crippen LogP contribution is -2.01. The maximum Gasteiger partial charge on any atom is 0.257 e. The molecule has 0 aliphatic heterocycles.